The number of carbonyl (C=O) groups is 1. The molecule has 3 aromatic carbocycles. The summed E-state index contributed by atoms with van der Waals surface area (Å²) >= 11 is 0. The molecule has 0 spiro atoms. The smallest absolute Gasteiger partial charge is 0.263 e. The summed E-state index contributed by atoms with van der Waals surface area (Å²) in [5, 5.41) is 11.7. The van der Waals surface area contributed by atoms with Crippen LogP contribution in [0.4, 0.5) is 4.39 Å². The van der Waals surface area contributed by atoms with E-state index in [1.54, 1.807) is 36.2 Å². The lowest BCUT2D eigenvalue weighted by Gasteiger charge is -2.33. The number of rotatable bonds is 7. The number of carbonyl (C=O) groups excluding carboxylic acids is 1. The van der Waals surface area contributed by atoms with Gasteiger partial charge in [-0.25, -0.2) is 4.39 Å². The first-order valence-electron chi connectivity index (χ1n) is 11.5. The van der Waals surface area contributed by atoms with Gasteiger partial charge in [-0.1, -0.05) is 72.8 Å². The van der Waals surface area contributed by atoms with Gasteiger partial charge < -0.3 is 10.0 Å². The highest BCUT2D eigenvalue weighted by atomic mass is 19.1. The summed E-state index contributed by atoms with van der Waals surface area (Å²) in [6.45, 7) is 3.68. The normalized spacial score (nSPS) is 23.5. The van der Waals surface area contributed by atoms with Crippen molar-refractivity contribution >= 4 is 5.91 Å². The van der Waals surface area contributed by atoms with Crippen LogP contribution in [0.2, 0.25) is 0 Å². The van der Waals surface area contributed by atoms with Crippen molar-refractivity contribution in [1.82, 2.24) is 9.80 Å². The Morgan fingerprint density at radius 3 is 2.09 bits per heavy atom. The highest BCUT2D eigenvalue weighted by Gasteiger charge is 2.56. The highest BCUT2D eigenvalue weighted by molar-refractivity contribution is 5.90. The van der Waals surface area contributed by atoms with Crippen LogP contribution in [0.1, 0.15) is 16.7 Å². The van der Waals surface area contributed by atoms with Gasteiger partial charge in [-0.3, -0.25) is 9.69 Å². The minimum Gasteiger partial charge on any atom is -0.372 e. The molecule has 1 saturated heterocycles. The van der Waals surface area contributed by atoms with Crippen LogP contribution in [0.5, 0.6) is 0 Å². The fourth-order valence-electron chi connectivity index (χ4n) is 5.44. The predicted octanol–water partition coefficient (Wildman–Crippen LogP) is 3.90. The largest absolute Gasteiger partial charge is 0.372 e. The Hall–Kier alpha value is -3.02. The molecule has 0 unspecified atom stereocenters. The molecule has 33 heavy (non-hydrogen) atoms. The number of hydrogen-bond acceptors (Lipinski definition) is 3. The van der Waals surface area contributed by atoms with Crippen molar-refractivity contribution in [3.8, 4) is 0 Å². The van der Waals surface area contributed by atoms with Gasteiger partial charge in [0.2, 0.25) is 0 Å². The monoisotopic (exact) mass is 444 g/mol. The van der Waals surface area contributed by atoms with E-state index in [1.807, 2.05) is 12.1 Å². The number of hydrogen-bond donors (Lipinski definition) is 1. The first-order valence-corrected chi connectivity index (χ1v) is 11.5. The van der Waals surface area contributed by atoms with Crippen LogP contribution < -0.4 is 0 Å². The summed E-state index contributed by atoms with van der Waals surface area (Å²) in [6, 6.07) is 25.0. The molecule has 4 nitrogen and oxygen atoms in total. The van der Waals surface area contributed by atoms with Gasteiger partial charge in [0.25, 0.3) is 5.91 Å². The summed E-state index contributed by atoms with van der Waals surface area (Å²) in [7, 11) is 1.76. The molecule has 1 N–H and O–H groups in total. The number of nitrogens with zero attached hydrogens (tertiary/aromatic N) is 2. The van der Waals surface area contributed by atoms with Crippen molar-refractivity contribution in [1.29, 1.82) is 0 Å². The van der Waals surface area contributed by atoms with Crippen LogP contribution in [0.15, 0.2) is 84.9 Å². The number of benzene rings is 3. The third-order valence-corrected chi connectivity index (χ3v) is 7.29. The Morgan fingerprint density at radius 1 is 0.939 bits per heavy atom. The second kappa shape index (κ2) is 8.73. The molecule has 1 aliphatic carbocycles. The fraction of sp³-hybridized carbons (Fsp3) is 0.321. The number of likely N-dealkylation sites (N-methyl/N-ethyl adjacent to an activating group) is 1. The maximum atomic E-state index is 13.6. The van der Waals surface area contributed by atoms with Gasteiger partial charge in [0, 0.05) is 33.2 Å². The van der Waals surface area contributed by atoms with Gasteiger partial charge >= 0.3 is 0 Å². The molecule has 5 heteroatoms. The molecule has 1 heterocycles. The molecule has 2 fully saturated rings. The zero-order chi connectivity index (χ0) is 23.0. The lowest BCUT2D eigenvalue weighted by Crippen LogP contribution is -2.47. The summed E-state index contributed by atoms with van der Waals surface area (Å²) in [5.41, 5.74) is 0.331. The zero-order valence-electron chi connectivity index (χ0n) is 18.8. The van der Waals surface area contributed by atoms with Crippen molar-refractivity contribution in [2.75, 3.05) is 26.7 Å². The van der Waals surface area contributed by atoms with Crippen molar-refractivity contribution < 1.29 is 14.3 Å². The SMILES string of the molecule is CN(C[C@H]1[C@@H]2CN(Cc3ccccc3)C[C@@H]21)C(=O)[C@](O)(c1ccccc1)c1ccc(F)cc1. The van der Waals surface area contributed by atoms with Gasteiger partial charge in [0.15, 0.2) is 5.60 Å². The second-order valence-corrected chi connectivity index (χ2v) is 9.44. The van der Waals surface area contributed by atoms with Crippen molar-refractivity contribution in [3.63, 3.8) is 0 Å². The van der Waals surface area contributed by atoms with Gasteiger partial charge in [-0.15, -0.1) is 0 Å². The Kier molecular flexibility index (Phi) is 5.77. The van der Waals surface area contributed by atoms with Crippen molar-refractivity contribution in [3.05, 3.63) is 107 Å². The summed E-state index contributed by atoms with van der Waals surface area (Å²) in [5.74, 6) is 0.866. The van der Waals surface area contributed by atoms with Crippen LogP contribution in [-0.4, -0.2) is 47.5 Å². The average molecular weight is 445 g/mol. The second-order valence-electron chi connectivity index (χ2n) is 9.44. The number of amides is 1. The third kappa shape index (κ3) is 4.19. The molecule has 1 amide bonds. The van der Waals surface area contributed by atoms with E-state index in [2.05, 4.69) is 29.2 Å². The van der Waals surface area contributed by atoms with Gasteiger partial charge in [0.1, 0.15) is 5.82 Å². The summed E-state index contributed by atoms with van der Waals surface area (Å²) in [4.78, 5) is 17.8. The molecular weight excluding hydrogens is 415 g/mol. The number of fused-ring (bicyclic) bond motifs is 1. The first kappa shape index (κ1) is 21.8. The van der Waals surface area contributed by atoms with E-state index in [1.165, 1.54) is 29.8 Å². The fourth-order valence-corrected chi connectivity index (χ4v) is 5.44. The lowest BCUT2D eigenvalue weighted by molar-refractivity contribution is -0.147. The Labute approximate surface area is 194 Å². The third-order valence-electron chi connectivity index (χ3n) is 7.29. The number of likely N-dealkylation sites (tertiary alicyclic amines) is 1. The van der Waals surface area contributed by atoms with Crippen LogP contribution >= 0.6 is 0 Å². The average Bonchev–Trinajstić information content (AvgIpc) is 3.28. The van der Waals surface area contributed by atoms with Crippen LogP contribution in [0, 0.1) is 23.6 Å². The molecule has 3 aromatic rings. The number of piperidine rings is 1. The molecule has 1 saturated carbocycles. The Balaban J connectivity index is 1.27. The summed E-state index contributed by atoms with van der Waals surface area (Å²) in [6.07, 6.45) is 0. The Bertz CT molecular complexity index is 1090. The van der Waals surface area contributed by atoms with Crippen molar-refractivity contribution in [2.45, 2.75) is 12.1 Å². The van der Waals surface area contributed by atoms with Gasteiger partial charge in [-0.2, -0.15) is 0 Å². The molecule has 0 bridgehead atoms. The van der Waals surface area contributed by atoms with E-state index >= 15 is 0 Å². The van der Waals surface area contributed by atoms with Crippen LogP contribution in [-0.2, 0) is 16.9 Å². The number of halogens is 1. The zero-order valence-corrected chi connectivity index (χ0v) is 18.8. The van der Waals surface area contributed by atoms with Crippen LogP contribution in [0.3, 0.4) is 0 Å². The molecule has 4 atom stereocenters. The Morgan fingerprint density at radius 2 is 1.48 bits per heavy atom. The van der Waals surface area contributed by atoms with E-state index in [9.17, 15) is 14.3 Å². The molecule has 2 aliphatic rings. The minimum absolute atomic E-state index is 0.372. The first-order chi connectivity index (χ1) is 16.0. The molecule has 1 aliphatic heterocycles. The van der Waals surface area contributed by atoms with E-state index in [4.69, 9.17) is 0 Å². The standard InChI is InChI=1S/C28H29FN2O2/c1-30(17-24-25-18-31(19-26(24)25)16-20-8-4-2-5-9-20)27(32)28(33,21-10-6-3-7-11-21)22-12-14-23(29)15-13-22/h2-15,24-26,33H,16-19H2,1H3/t24-,25-,26+,28-/m0/s1. The van der Waals surface area contributed by atoms with E-state index < -0.39 is 11.4 Å². The summed E-state index contributed by atoms with van der Waals surface area (Å²) < 4.78 is 13.5. The molecule has 170 valence electrons. The van der Waals surface area contributed by atoms with E-state index in [-0.39, 0.29) is 5.91 Å². The van der Waals surface area contributed by atoms with Gasteiger partial charge in [0.05, 0.1) is 0 Å². The molecule has 0 aromatic heterocycles. The number of aliphatic hydroxyl groups is 1. The van der Waals surface area contributed by atoms with E-state index in [0.717, 1.165) is 19.6 Å². The van der Waals surface area contributed by atoms with Crippen molar-refractivity contribution in [2.24, 2.45) is 17.8 Å². The quantitative estimate of drug-likeness (QED) is 0.601. The molecule has 5 rings (SSSR count). The predicted molar refractivity (Wildman–Crippen MR) is 126 cm³/mol. The topological polar surface area (TPSA) is 43.8 Å². The maximum Gasteiger partial charge on any atom is 0.263 e. The molecule has 0 radical (unpaired) electrons. The van der Waals surface area contributed by atoms with Crippen LogP contribution in [0.25, 0.3) is 0 Å². The minimum atomic E-state index is -1.85. The highest BCUT2D eigenvalue weighted by Crippen LogP contribution is 2.52. The van der Waals surface area contributed by atoms with Gasteiger partial charge in [-0.05, 0) is 46.6 Å². The lowest BCUT2D eigenvalue weighted by atomic mass is 9.85. The maximum absolute atomic E-state index is 13.6. The van der Waals surface area contributed by atoms with E-state index in [0.29, 0.717) is 35.4 Å². The molecular formula is C28H29FN2O2.